The van der Waals surface area contributed by atoms with Crippen LogP contribution in [-0.2, 0) is 0 Å². The minimum Gasteiger partial charge on any atom is -0.440 e. The number of halogens is 2. The fourth-order valence-corrected chi connectivity index (χ4v) is 3.78. The standard InChI is InChI=1S/C24H16Cl2N2O3/c1-13-3-2-4-15(9-13)24(29)30-16-6-7-17-21(11-16)31-23(28)18(12-27)22(17)14-5-8-19(25)20(26)10-14/h2-11,22H,28H2,1H3. The number of nitrogens with zero attached hydrogens (tertiary/aromatic N) is 1. The van der Waals surface area contributed by atoms with Gasteiger partial charge in [-0.05, 0) is 42.8 Å². The molecule has 7 heteroatoms. The Balaban J connectivity index is 1.71. The average Bonchev–Trinajstić information content (AvgIpc) is 2.74. The lowest BCUT2D eigenvalue weighted by atomic mass is 9.83. The van der Waals surface area contributed by atoms with Crippen molar-refractivity contribution in [1.82, 2.24) is 0 Å². The molecule has 1 aliphatic heterocycles. The molecule has 1 unspecified atom stereocenters. The first-order valence-corrected chi connectivity index (χ1v) is 10.1. The van der Waals surface area contributed by atoms with Crippen molar-refractivity contribution in [3.8, 4) is 17.6 Å². The third-order valence-electron chi connectivity index (χ3n) is 4.93. The van der Waals surface area contributed by atoms with E-state index in [1.165, 1.54) is 0 Å². The van der Waals surface area contributed by atoms with Crippen LogP contribution >= 0.6 is 23.2 Å². The predicted molar refractivity (Wildman–Crippen MR) is 118 cm³/mol. The van der Waals surface area contributed by atoms with Crippen molar-refractivity contribution in [3.05, 3.63) is 104 Å². The summed E-state index contributed by atoms with van der Waals surface area (Å²) in [5.41, 5.74) is 9.12. The highest BCUT2D eigenvalue weighted by molar-refractivity contribution is 6.42. The first kappa shape index (κ1) is 20.8. The Morgan fingerprint density at radius 3 is 2.61 bits per heavy atom. The topological polar surface area (TPSA) is 85.3 Å². The van der Waals surface area contributed by atoms with Crippen LogP contribution in [0.3, 0.4) is 0 Å². The number of nitriles is 1. The van der Waals surface area contributed by atoms with E-state index < -0.39 is 11.9 Å². The molecule has 0 aromatic heterocycles. The third kappa shape index (κ3) is 4.09. The number of hydrogen-bond donors (Lipinski definition) is 1. The summed E-state index contributed by atoms with van der Waals surface area (Å²) in [4.78, 5) is 12.5. The van der Waals surface area contributed by atoms with Crippen molar-refractivity contribution in [2.75, 3.05) is 0 Å². The minimum atomic E-state index is -0.495. The van der Waals surface area contributed by atoms with Gasteiger partial charge in [0, 0.05) is 11.6 Å². The number of benzene rings is 3. The normalized spacial score (nSPS) is 15.0. The molecule has 0 spiro atoms. The van der Waals surface area contributed by atoms with Gasteiger partial charge in [-0.15, -0.1) is 0 Å². The fraction of sp³-hybridized carbons (Fsp3) is 0.0833. The van der Waals surface area contributed by atoms with Crippen LogP contribution in [-0.4, -0.2) is 5.97 Å². The molecule has 5 nitrogen and oxygen atoms in total. The molecule has 154 valence electrons. The molecule has 0 amide bonds. The molecule has 3 aromatic rings. The van der Waals surface area contributed by atoms with Crippen molar-refractivity contribution in [3.63, 3.8) is 0 Å². The van der Waals surface area contributed by atoms with Crippen molar-refractivity contribution in [2.24, 2.45) is 5.73 Å². The summed E-state index contributed by atoms with van der Waals surface area (Å²) in [7, 11) is 0. The van der Waals surface area contributed by atoms with Gasteiger partial charge in [-0.3, -0.25) is 0 Å². The van der Waals surface area contributed by atoms with Crippen LogP contribution in [0.4, 0.5) is 0 Å². The van der Waals surface area contributed by atoms with Gasteiger partial charge in [0.25, 0.3) is 0 Å². The fourth-order valence-electron chi connectivity index (χ4n) is 3.47. The third-order valence-corrected chi connectivity index (χ3v) is 5.67. The van der Waals surface area contributed by atoms with Crippen LogP contribution in [0.25, 0.3) is 0 Å². The van der Waals surface area contributed by atoms with E-state index in [9.17, 15) is 10.1 Å². The lowest BCUT2D eigenvalue weighted by Gasteiger charge is -2.27. The quantitative estimate of drug-likeness (QED) is 0.406. The SMILES string of the molecule is Cc1cccc(C(=O)Oc2ccc3c(c2)OC(N)=C(C#N)C3c2ccc(Cl)c(Cl)c2)c1. The Kier molecular flexibility index (Phi) is 5.60. The smallest absolute Gasteiger partial charge is 0.343 e. The summed E-state index contributed by atoms with van der Waals surface area (Å²) in [6.07, 6.45) is 0. The van der Waals surface area contributed by atoms with E-state index in [0.717, 1.165) is 11.1 Å². The molecule has 0 radical (unpaired) electrons. The van der Waals surface area contributed by atoms with E-state index in [2.05, 4.69) is 6.07 Å². The molecule has 2 N–H and O–H groups in total. The zero-order valence-corrected chi connectivity index (χ0v) is 17.9. The number of rotatable bonds is 3. The molecule has 4 rings (SSSR count). The van der Waals surface area contributed by atoms with E-state index in [4.69, 9.17) is 38.4 Å². The molecule has 1 atom stereocenters. The number of ether oxygens (including phenoxy) is 2. The van der Waals surface area contributed by atoms with Crippen LogP contribution in [0.2, 0.25) is 10.0 Å². The molecule has 3 aromatic carbocycles. The Bertz CT molecular complexity index is 1280. The molecule has 0 saturated heterocycles. The van der Waals surface area contributed by atoms with Gasteiger partial charge in [0.05, 0.1) is 21.5 Å². The summed E-state index contributed by atoms with van der Waals surface area (Å²) >= 11 is 12.2. The number of esters is 1. The summed E-state index contributed by atoms with van der Waals surface area (Å²) in [6.45, 7) is 1.90. The van der Waals surface area contributed by atoms with E-state index in [0.29, 0.717) is 32.7 Å². The number of aryl methyl sites for hydroxylation is 1. The maximum Gasteiger partial charge on any atom is 0.343 e. The van der Waals surface area contributed by atoms with E-state index in [1.807, 2.05) is 13.0 Å². The Morgan fingerprint density at radius 1 is 1.10 bits per heavy atom. The van der Waals surface area contributed by atoms with Gasteiger partial charge < -0.3 is 15.2 Å². The second-order valence-electron chi connectivity index (χ2n) is 7.06. The molecule has 1 heterocycles. The van der Waals surface area contributed by atoms with Crippen LogP contribution in [0.15, 0.2) is 72.1 Å². The highest BCUT2D eigenvalue weighted by atomic mass is 35.5. The number of hydrogen-bond acceptors (Lipinski definition) is 5. The zero-order chi connectivity index (χ0) is 22.1. The van der Waals surface area contributed by atoms with E-state index in [1.54, 1.807) is 54.6 Å². The van der Waals surface area contributed by atoms with Crippen molar-refractivity contribution < 1.29 is 14.3 Å². The number of carbonyl (C=O) groups is 1. The molecule has 31 heavy (non-hydrogen) atoms. The van der Waals surface area contributed by atoms with Gasteiger partial charge in [-0.2, -0.15) is 5.26 Å². The molecular weight excluding hydrogens is 435 g/mol. The minimum absolute atomic E-state index is 0.0202. The predicted octanol–water partition coefficient (Wildman–Crippen LogP) is 5.74. The van der Waals surface area contributed by atoms with Gasteiger partial charge >= 0.3 is 5.97 Å². The van der Waals surface area contributed by atoms with Crippen molar-refractivity contribution in [2.45, 2.75) is 12.8 Å². The first-order valence-electron chi connectivity index (χ1n) is 9.32. The summed E-state index contributed by atoms with van der Waals surface area (Å²) < 4.78 is 11.2. The van der Waals surface area contributed by atoms with E-state index in [-0.39, 0.29) is 11.5 Å². The Morgan fingerprint density at radius 2 is 1.90 bits per heavy atom. The van der Waals surface area contributed by atoms with Gasteiger partial charge in [0.15, 0.2) is 0 Å². The molecule has 0 saturated carbocycles. The van der Waals surface area contributed by atoms with Crippen LogP contribution < -0.4 is 15.2 Å². The maximum atomic E-state index is 12.5. The summed E-state index contributed by atoms with van der Waals surface area (Å²) in [5, 5.41) is 10.4. The summed E-state index contributed by atoms with van der Waals surface area (Å²) in [5.74, 6) is -0.312. The van der Waals surface area contributed by atoms with E-state index >= 15 is 0 Å². The largest absolute Gasteiger partial charge is 0.440 e. The second-order valence-corrected chi connectivity index (χ2v) is 7.87. The van der Waals surface area contributed by atoms with Crippen molar-refractivity contribution >= 4 is 29.2 Å². The van der Waals surface area contributed by atoms with Crippen LogP contribution in [0.1, 0.15) is 33.0 Å². The summed E-state index contributed by atoms with van der Waals surface area (Å²) in [6, 6.07) is 19.3. The van der Waals surface area contributed by atoms with Crippen LogP contribution in [0.5, 0.6) is 11.5 Å². The molecule has 0 aliphatic carbocycles. The first-order chi connectivity index (χ1) is 14.9. The van der Waals surface area contributed by atoms with Gasteiger partial charge in [-0.25, -0.2) is 4.79 Å². The Labute approximate surface area is 189 Å². The zero-order valence-electron chi connectivity index (χ0n) is 16.4. The number of allylic oxidation sites excluding steroid dienone is 1. The van der Waals surface area contributed by atoms with Gasteiger partial charge in [0.2, 0.25) is 5.88 Å². The van der Waals surface area contributed by atoms with Gasteiger partial charge in [-0.1, -0.05) is 53.0 Å². The number of carbonyl (C=O) groups excluding carboxylic acids is 1. The number of nitrogens with two attached hydrogens (primary N) is 1. The maximum absolute atomic E-state index is 12.5. The Hall–Kier alpha value is -3.46. The average molecular weight is 451 g/mol. The lowest BCUT2D eigenvalue weighted by Crippen LogP contribution is -2.21. The molecule has 1 aliphatic rings. The number of fused-ring (bicyclic) bond motifs is 1. The highest BCUT2D eigenvalue weighted by Gasteiger charge is 2.31. The molecule has 0 bridgehead atoms. The van der Waals surface area contributed by atoms with Gasteiger partial charge in [0.1, 0.15) is 23.1 Å². The molecule has 0 fully saturated rings. The second kappa shape index (κ2) is 8.35. The van der Waals surface area contributed by atoms with Crippen LogP contribution in [0, 0.1) is 18.3 Å². The monoisotopic (exact) mass is 450 g/mol. The lowest BCUT2D eigenvalue weighted by molar-refractivity contribution is 0.0734. The molecular formula is C24H16Cl2N2O3. The highest BCUT2D eigenvalue weighted by Crippen LogP contribution is 2.44. The van der Waals surface area contributed by atoms with Crippen molar-refractivity contribution in [1.29, 1.82) is 5.26 Å².